The van der Waals surface area contributed by atoms with Gasteiger partial charge in [0, 0.05) is 5.69 Å². The lowest BCUT2D eigenvalue weighted by Gasteiger charge is -2.15. The maximum Gasteiger partial charge on any atom is 0.294 e. The van der Waals surface area contributed by atoms with Crippen LogP contribution in [-0.4, -0.2) is 42.2 Å². The number of rotatable bonds is 9. The van der Waals surface area contributed by atoms with Gasteiger partial charge in [0.1, 0.15) is 6.54 Å². The van der Waals surface area contributed by atoms with Crippen molar-refractivity contribution in [3.05, 3.63) is 58.0 Å². The van der Waals surface area contributed by atoms with Crippen LogP contribution in [-0.2, 0) is 9.59 Å². The topological polar surface area (TPSA) is 84.9 Å². The summed E-state index contributed by atoms with van der Waals surface area (Å²) in [7, 11) is 1.55. The Balaban J connectivity index is 1.71. The summed E-state index contributed by atoms with van der Waals surface area (Å²) < 4.78 is 11.1. The fourth-order valence-electron chi connectivity index (χ4n) is 3.34. The molecule has 1 aliphatic heterocycles. The molecule has 3 amide bonds. The number of thioether (sulfide) groups is 1. The summed E-state index contributed by atoms with van der Waals surface area (Å²) in [5, 5.41) is 2.33. The SMILES string of the molecule is CCCCOc1ccc(/C=C2\SC(=O)N(CC(=O)Nc3c(C)cccc3C)C2=O)cc1OC. The van der Waals surface area contributed by atoms with E-state index in [1.165, 1.54) is 0 Å². The van der Waals surface area contributed by atoms with Crippen LogP contribution >= 0.6 is 11.8 Å². The molecule has 2 aromatic rings. The van der Waals surface area contributed by atoms with Crippen molar-refractivity contribution in [1.29, 1.82) is 0 Å². The molecule has 174 valence electrons. The number of hydrogen-bond donors (Lipinski definition) is 1. The highest BCUT2D eigenvalue weighted by atomic mass is 32.2. The molecule has 0 bridgehead atoms. The molecule has 0 unspecified atom stereocenters. The maximum absolute atomic E-state index is 12.8. The van der Waals surface area contributed by atoms with E-state index in [1.807, 2.05) is 32.0 Å². The van der Waals surface area contributed by atoms with Crippen LogP contribution < -0.4 is 14.8 Å². The van der Waals surface area contributed by atoms with E-state index < -0.39 is 17.1 Å². The van der Waals surface area contributed by atoms with Crippen LogP contribution in [0.2, 0.25) is 0 Å². The Bertz CT molecular complexity index is 1080. The molecule has 0 atom stereocenters. The molecule has 1 heterocycles. The van der Waals surface area contributed by atoms with E-state index in [1.54, 1.807) is 31.4 Å². The van der Waals surface area contributed by atoms with Crippen LogP contribution in [0.4, 0.5) is 10.5 Å². The first kappa shape index (κ1) is 24.4. The molecule has 33 heavy (non-hydrogen) atoms. The summed E-state index contributed by atoms with van der Waals surface area (Å²) in [5.74, 6) is 0.251. The van der Waals surface area contributed by atoms with Gasteiger partial charge in [-0.1, -0.05) is 37.6 Å². The number of hydrogen-bond acceptors (Lipinski definition) is 6. The van der Waals surface area contributed by atoms with Crippen LogP contribution in [0, 0.1) is 13.8 Å². The third kappa shape index (κ3) is 5.96. The predicted molar refractivity (Wildman–Crippen MR) is 131 cm³/mol. The molecule has 0 saturated carbocycles. The van der Waals surface area contributed by atoms with Crippen LogP contribution in [0.1, 0.15) is 36.5 Å². The Labute approximate surface area is 198 Å². The molecule has 1 saturated heterocycles. The van der Waals surface area contributed by atoms with Gasteiger partial charge in [0.25, 0.3) is 11.1 Å². The second-order valence-electron chi connectivity index (χ2n) is 7.70. The smallest absolute Gasteiger partial charge is 0.294 e. The lowest BCUT2D eigenvalue weighted by atomic mass is 10.1. The molecule has 0 spiro atoms. The number of ether oxygens (including phenoxy) is 2. The van der Waals surface area contributed by atoms with E-state index >= 15 is 0 Å². The Morgan fingerprint density at radius 3 is 2.52 bits per heavy atom. The van der Waals surface area contributed by atoms with Gasteiger partial charge in [0.2, 0.25) is 5.91 Å². The van der Waals surface area contributed by atoms with Gasteiger partial charge in [0.15, 0.2) is 11.5 Å². The number of amides is 3. The fourth-order valence-corrected chi connectivity index (χ4v) is 4.18. The van der Waals surface area contributed by atoms with E-state index in [0.717, 1.165) is 40.6 Å². The number of nitrogens with zero attached hydrogens (tertiary/aromatic N) is 1. The molecule has 0 aliphatic carbocycles. The lowest BCUT2D eigenvalue weighted by molar-refractivity contribution is -0.127. The minimum Gasteiger partial charge on any atom is -0.493 e. The van der Waals surface area contributed by atoms with E-state index in [-0.39, 0.29) is 11.4 Å². The van der Waals surface area contributed by atoms with Gasteiger partial charge in [-0.25, -0.2) is 0 Å². The summed E-state index contributed by atoms with van der Waals surface area (Å²) in [6, 6.07) is 11.0. The van der Waals surface area contributed by atoms with Gasteiger partial charge in [-0.05, 0) is 66.9 Å². The third-order valence-electron chi connectivity index (χ3n) is 5.16. The molecular weight excluding hydrogens is 440 g/mol. The van der Waals surface area contributed by atoms with E-state index in [0.29, 0.717) is 29.4 Å². The van der Waals surface area contributed by atoms with Crippen LogP contribution in [0.25, 0.3) is 6.08 Å². The predicted octanol–water partition coefficient (Wildman–Crippen LogP) is 5.17. The second kappa shape index (κ2) is 11.0. The Kier molecular flexibility index (Phi) is 8.16. The highest BCUT2D eigenvalue weighted by molar-refractivity contribution is 8.18. The van der Waals surface area contributed by atoms with Crippen molar-refractivity contribution in [1.82, 2.24) is 4.90 Å². The number of carbonyl (C=O) groups is 3. The highest BCUT2D eigenvalue weighted by Crippen LogP contribution is 2.34. The van der Waals surface area contributed by atoms with Crippen molar-refractivity contribution in [2.24, 2.45) is 0 Å². The zero-order valence-electron chi connectivity index (χ0n) is 19.3. The molecule has 3 rings (SSSR count). The average molecular weight is 469 g/mol. The molecule has 0 aromatic heterocycles. The summed E-state index contributed by atoms with van der Waals surface area (Å²) in [5.41, 5.74) is 3.21. The first-order valence-corrected chi connectivity index (χ1v) is 11.6. The zero-order chi connectivity index (χ0) is 24.0. The average Bonchev–Trinajstić information content (AvgIpc) is 3.04. The Hall–Kier alpha value is -3.26. The van der Waals surface area contributed by atoms with E-state index in [4.69, 9.17) is 9.47 Å². The van der Waals surface area contributed by atoms with Crippen molar-refractivity contribution in [3.63, 3.8) is 0 Å². The molecule has 1 fully saturated rings. The largest absolute Gasteiger partial charge is 0.493 e. The van der Waals surface area contributed by atoms with E-state index in [2.05, 4.69) is 12.2 Å². The second-order valence-corrected chi connectivity index (χ2v) is 8.69. The minimum absolute atomic E-state index is 0.251. The number of anilines is 1. The molecular formula is C25H28N2O5S. The quantitative estimate of drug-likeness (QED) is 0.404. The molecule has 1 aliphatic rings. The monoisotopic (exact) mass is 468 g/mol. The van der Waals surface area contributed by atoms with Crippen molar-refractivity contribution in [3.8, 4) is 11.5 Å². The van der Waals surface area contributed by atoms with Crippen LogP contribution in [0.15, 0.2) is 41.3 Å². The van der Waals surface area contributed by atoms with Crippen molar-refractivity contribution in [2.75, 3.05) is 25.6 Å². The molecule has 1 N–H and O–H groups in total. The maximum atomic E-state index is 12.8. The summed E-state index contributed by atoms with van der Waals surface area (Å²) in [6.07, 6.45) is 3.58. The first-order valence-electron chi connectivity index (χ1n) is 10.8. The lowest BCUT2D eigenvalue weighted by Crippen LogP contribution is -2.36. The van der Waals surface area contributed by atoms with E-state index in [9.17, 15) is 14.4 Å². The standard InChI is InChI=1S/C25H28N2O5S/c1-5-6-12-32-19-11-10-18(13-20(19)31-4)14-21-24(29)27(25(30)33-21)15-22(28)26-23-16(2)8-7-9-17(23)3/h7-11,13-14H,5-6,12,15H2,1-4H3,(H,26,28)/b21-14-. The number of unbranched alkanes of at least 4 members (excludes halogenated alkanes) is 1. The number of para-hydroxylation sites is 1. The number of aryl methyl sites for hydroxylation is 2. The summed E-state index contributed by atoms with van der Waals surface area (Å²) in [4.78, 5) is 39.0. The fraction of sp³-hybridized carbons (Fsp3) is 0.320. The van der Waals surface area contributed by atoms with Crippen molar-refractivity contribution < 1.29 is 23.9 Å². The van der Waals surface area contributed by atoms with Gasteiger partial charge < -0.3 is 14.8 Å². The van der Waals surface area contributed by atoms with Gasteiger partial charge >= 0.3 is 0 Å². The minimum atomic E-state index is -0.496. The van der Waals surface area contributed by atoms with Gasteiger partial charge in [-0.3, -0.25) is 19.3 Å². The van der Waals surface area contributed by atoms with Crippen LogP contribution in [0.5, 0.6) is 11.5 Å². The number of carbonyl (C=O) groups excluding carboxylic acids is 3. The molecule has 7 nitrogen and oxygen atoms in total. The number of nitrogens with one attached hydrogen (secondary N) is 1. The van der Waals surface area contributed by atoms with Gasteiger partial charge in [0.05, 0.1) is 18.6 Å². The third-order valence-corrected chi connectivity index (χ3v) is 6.07. The van der Waals surface area contributed by atoms with Crippen LogP contribution in [0.3, 0.4) is 0 Å². The van der Waals surface area contributed by atoms with Crippen molar-refractivity contribution >= 4 is 40.6 Å². The summed E-state index contributed by atoms with van der Waals surface area (Å²) >= 11 is 0.812. The Morgan fingerprint density at radius 1 is 1.12 bits per heavy atom. The summed E-state index contributed by atoms with van der Waals surface area (Å²) in [6.45, 7) is 6.11. The zero-order valence-corrected chi connectivity index (χ0v) is 20.1. The highest BCUT2D eigenvalue weighted by Gasteiger charge is 2.36. The molecule has 0 radical (unpaired) electrons. The Morgan fingerprint density at radius 2 is 1.85 bits per heavy atom. The first-order chi connectivity index (χ1) is 15.8. The van der Waals surface area contributed by atoms with Gasteiger partial charge in [-0.15, -0.1) is 0 Å². The number of imide groups is 1. The molecule has 8 heteroatoms. The van der Waals surface area contributed by atoms with Gasteiger partial charge in [-0.2, -0.15) is 0 Å². The normalized spacial score (nSPS) is 14.7. The van der Waals surface area contributed by atoms with Crippen molar-refractivity contribution in [2.45, 2.75) is 33.6 Å². The molecule has 2 aromatic carbocycles. The number of benzene rings is 2. The number of methoxy groups -OCH3 is 1.